The van der Waals surface area contributed by atoms with Gasteiger partial charge in [-0.3, -0.25) is 14.6 Å². The molecule has 0 N–H and O–H groups in total. The van der Waals surface area contributed by atoms with Crippen molar-refractivity contribution < 1.29 is 14.3 Å². The molecule has 1 heterocycles. The highest BCUT2D eigenvalue weighted by molar-refractivity contribution is 7.80. The first-order valence-corrected chi connectivity index (χ1v) is 11.0. The van der Waals surface area contributed by atoms with E-state index >= 15 is 0 Å². The predicted molar refractivity (Wildman–Crippen MR) is 135 cm³/mol. The van der Waals surface area contributed by atoms with Gasteiger partial charge < -0.3 is 4.74 Å². The van der Waals surface area contributed by atoms with Crippen LogP contribution in [0.1, 0.15) is 43.0 Å². The van der Waals surface area contributed by atoms with Crippen LogP contribution in [0.5, 0.6) is 5.75 Å². The van der Waals surface area contributed by atoms with Crippen molar-refractivity contribution in [2.75, 3.05) is 18.6 Å². The Labute approximate surface area is 198 Å². The summed E-state index contributed by atoms with van der Waals surface area (Å²) in [5, 5.41) is 0. The summed E-state index contributed by atoms with van der Waals surface area (Å²) in [6.07, 6.45) is 2.41. The van der Waals surface area contributed by atoms with Gasteiger partial charge in [-0.1, -0.05) is 36.5 Å². The first kappa shape index (κ1) is 22.6. The largest absolute Gasteiger partial charge is 0.497 e. The number of fused-ring (bicyclic) bond motifs is 1. The average Bonchev–Trinajstić information content (AvgIpc) is 3.06. The highest BCUT2D eigenvalue weighted by atomic mass is 32.1. The van der Waals surface area contributed by atoms with E-state index in [2.05, 4.69) is 31.0 Å². The molecule has 0 radical (unpaired) electrons. The van der Waals surface area contributed by atoms with Gasteiger partial charge in [0.1, 0.15) is 5.75 Å². The van der Waals surface area contributed by atoms with E-state index in [4.69, 9.17) is 17.0 Å². The number of imide groups is 1. The zero-order valence-electron chi connectivity index (χ0n) is 18.8. The molecule has 0 bridgehead atoms. The zero-order valence-corrected chi connectivity index (χ0v) is 19.6. The molecule has 0 unspecified atom stereocenters. The number of anilines is 1. The summed E-state index contributed by atoms with van der Waals surface area (Å²) in [4.78, 5) is 32.3. The second-order valence-electron chi connectivity index (χ2n) is 8.00. The Balaban J connectivity index is 1.46. The minimum Gasteiger partial charge on any atom is -0.497 e. The Morgan fingerprint density at radius 3 is 2.30 bits per heavy atom. The molecule has 2 amide bonds. The number of methoxy groups -OCH3 is 1. The molecule has 3 aromatic carbocycles. The van der Waals surface area contributed by atoms with Gasteiger partial charge in [-0.25, -0.2) is 4.90 Å². The summed E-state index contributed by atoms with van der Waals surface area (Å²) >= 11 is 5.54. The molecule has 4 rings (SSSR count). The van der Waals surface area contributed by atoms with Crippen molar-refractivity contribution in [2.24, 2.45) is 4.99 Å². The second-order valence-corrected chi connectivity index (χ2v) is 8.58. The van der Waals surface area contributed by atoms with Crippen LogP contribution in [-0.4, -0.2) is 36.5 Å². The highest BCUT2D eigenvalue weighted by Gasteiger charge is 2.36. The quantitative estimate of drug-likeness (QED) is 0.280. The number of carbonyl (C=O) groups is 2. The van der Waals surface area contributed by atoms with Crippen LogP contribution in [0.3, 0.4) is 0 Å². The second kappa shape index (κ2) is 9.46. The molecule has 5 nitrogen and oxygen atoms in total. The molecule has 0 aliphatic carbocycles. The van der Waals surface area contributed by atoms with Crippen molar-refractivity contribution in [3.63, 3.8) is 0 Å². The summed E-state index contributed by atoms with van der Waals surface area (Å²) < 4.78 is 5.15. The van der Waals surface area contributed by atoms with Crippen molar-refractivity contribution >= 4 is 40.8 Å². The number of aryl methyl sites for hydroxylation is 2. The van der Waals surface area contributed by atoms with Crippen LogP contribution in [0.4, 0.5) is 5.69 Å². The molecule has 0 atom stereocenters. The lowest BCUT2D eigenvalue weighted by Crippen LogP contribution is -2.29. The van der Waals surface area contributed by atoms with Gasteiger partial charge in [-0.15, -0.1) is 0 Å². The molecule has 3 aromatic rings. The van der Waals surface area contributed by atoms with Crippen molar-refractivity contribution in [3.8, 4) is 5.75 Å². The molecule has 0 spiro atoms. The zero-order chi connectivity index (χ0) is 23.5. The molecule has 166 valence electrons. The number of hydrogen-bond donors (Lipinski definition) is 0. The van der Waals surface area contributed by atoms with Crippen LogP contribution in [0.15, 0.2) is 65.7 Å². The lowest BCUT2D eigenvalue weighted by atomic mass is 9.99. The summed E-state index contributed by atoms with van der Waals surface area (Å²) in [5.41, 5.74) is 5.72. The van der Waals surface area contributed by atoms with E-state index in [1.54, 1.807) is 55.8 Å². The van der Waals surface area contributed by atoms with E-state index in [0.29, 0.717) is 35.5 Å². The molecule has 0 fully saturated rings. The third-order valence-electron chi connectivity index (χ3n) is 5.77. The number of rotatable bonds is 7. The van der Waals surface area contributed by atoms with E-state index in [1.165, 1.54) is 21.6 Å². The SMILES string of the molecule is COc1ccc(N2C(=O)c3ccc(C=NCC(=S)Cc4c(C)cccc4C)cc3C2=O)cc1. The molecular weight excluding hydrogens is 432 g/mol. The number of nitrogens with zero attached hydrogens (tertiary/aromatic N) is 2. The first-order valence-electron chi connectivity index (χ1n) is 10.6. The fourth-order valence-electron chi connectivity index (χ4n) is 3.94. The van der Waals surface area contributed by atoms with Gasteiger partial charge in [0.2, 0.25) is 0 Å². The molecule has 0 saturated carbocycles. The van der Waals surface area contributed by atoms with Gasteiger partial charge in [-0.05, 0) is 72.5 Å². The van der Waals surface area contributed by atoms with Crippen molar-refractivity contribution in [1.82, 2.24) is 0 Å². The lowest BCUT2D eigenvalue weighted by Gasteiger charge is -2.14. The Bertz CT molecular complexity index is 1260. The maximum absolute atomic E-state index is 13.0. The lowest BCUT2D eigenvalue weighted by molar-refractivity contribution is 0.0926. The van der Waals surface area contributed by atoms with Gasteiger partial charge >= 0.3 is 0 Å². The van der Waals surface area contributed by atoms with Crippen LogP contribution in [0, 0.1) is 13.8 Å². The van der Waals surface area contributed by atoms with E-state index in [-0.39, 0.29) is 11.8 Å². The Kier molecular flexibility index (Phi) is 6.47. The van der Waals surface area contributed by atoms with Gasteiger partial charge in [0, 0.05) is 17.5 Å². The normalized spacial score (nSPS) is 13.0. The van der Waals surface area contributed by atoms with Crippen LogP contribution in [-0.2, 0) is 6.42 Å². The number of thiocarbonyl (C=S) groups is 1. The third-order valence-corrected chi connectivity index (χ3v) is 6.04. The minimum atomic E-state index is -0.346. The maximum Gasteiger partial charge on any atom is 0.266 e. The summed E-state index contributed by atoms with van der Waals surface area (Å²) in [7, 11) is 1.57. The smallest absolute Gasteiger partial charge is 0.266 e. The molecule has 1 aliphatic heterocycles. The Morgan fingerprint density at radius 1 is 0.970 bits per heavy atom. The van der Waals surface area contributed by atoms with Crippen molar-refractivity contribution in [3.05, 3.63) is 94.0 Å². The van der Waals surface area contributed by atoms with E-state index < -0.39 is 0 Å². The summed E-state index contributed by atoms with van der Waals surface area (Å²) in [6, 6.07) is 18.2. The van der Waals surface area contributed by atoms with E-state index in [9.17, 15) is 9.59 Å². The molecule has 1 aliphatic rings. The van der Waals surface area contributed by atoms with Gasteiger partial charge in [-0.2, -0.15) is 0 Å². The molecule has 0 aromatic heterocycles. The van der Waals surface area contributed by atoms with Crippen molar-refractivity contribution in [1.29, 1.82) is 0 Å². The fraction of sp³-hybridized carbons (Fsp3) is 0.185. The monoisotopic (exact) mass is 456 g/mol. The van der Waals surface area contributed by atoms with Crippen LogP contribution < -0.4 is 9.64 Å². The van der Waals surface area contributed by atoms with Crippen LogP contribution in [0.2, 0.25) is 0 Å². The van der Waals surface area contributed by atoms with Gasteiger partial charge in [0.25, 0.3) is 11.8 Å². The number of ether oxygens (including phenoxy) is 1. The predicted octanol–water partition coefficient (Wildman–Crippen LogP) is 5.14. The van der Waals surface area contributed by atoms with E-state index in [0.717, 1.165) is 10.4 Å². The standard InChI is InChI=1S/C27H24N2O3S/c1-17-5-4-6-18(2)24(17)14-22(33)16-28-15-19-7-12-23-25(13-19)27(31)29(26(23)30)20-8-10-21(32-3)11-9-20/h4-13,15H,14,16H2,1-3H3. The third kappa shape index (κ3) is 4.61. The van der Waals surface area contributed by atoms with Crippen LogP contribution >= 0.6 is 12.2 Å². The van der Waals surface area contributed by atoms with Crippen molar-refractivity contribution in [2.45, 2.75) is 20.3 Å². The summed E-state index contributed by atoms with van der Waals surface area (Å²) in [6.45, 7) is 4.60. The Hall–Kier alpha value is -3.64. The Morgan fingerprint density at radius 2 is 1.64 bits per heavy atom. The first-order chi connectivity index (χ1) is 15.9. The van der Waals surface area contributed by atoms with Crippen LogP contribution in [0.25, 0.3) is 0 Å². The molecule has 6 heteroatoms. The number of hydrogen-bond acceptors (Lipinski definition) is 5. The molecule has 33 heavy (non-hydrogen) atoms. The molecule has 0 saturated heterocycles. The topological polar surface area (TPSA) is 59.0 Å². The van der Waals surface area contributed by atoms with Gasteiger partial charge in [0.05, 0.1) is 30.5 Å². The number of carbonyl (C=O) groups excluding carboxylic acids is 2. The number of benzene rings is 3. The molecular formula is C27H24N2O3S. The van der Waals surface area contributed by atoms with Gasteiger partial charge in [0.15, 0.2) is 0 Å². The number of aliphatic imine (C=N–C) groups is 1. The highest BCUT2D eigenvalue weighted by Crippen LogP contribution is 2.30. The number of amides is 2. The maximum atomic E-state index is 13.0. The summed E-state index contributed by atoms with van der Waals surface area (Å²) in [5.74, 6) is -0.0243. The fourth-order valence-corrected chi connectivity index (χ4v) is 4.16. The average molecular weight is 457 g/mol. The minimum absolute atomic E-state index is 0.335. The van der Waals surface area contributed by atoms with E-state index in [1.807, 2.05) is 6.07 Å².